The number of carbonyl (C=O) groups excluding carboxylic acids is 2. The molecule has 1 aliphatic rings. The average Bonchev–Trinajstić information content (AvgIpc) is 2.90. The fraction of sp³-hybridized carbons (Fsp3) is 0.0625. The molecule has 4 rings (SSSR count). The van der Waals surface area contributed by atoms with Crippen molar-refractivity contribution >= 4 is 22.7 Å². The molecule has 0 N–H and O–H groups in total. The molecule has 0 unspecified atom stereocenters. The zero-order chi connectivity index (χ0) is 14.6. The molecule has 0 fully saturated rings. The number of rotatable bonds is 1. The van der Waals surface area contributed by atoms with Gasteiger partial charge in [0.05, 0.1) is 11.1 Å². The quantitative estimate of drug-likeness (QED) is 0.505. The standard InChI is InChI=1S/C16H9NO4/c1-8-5-13(17-21-8)10-6-9-3-2-4-11-14(9)12(7-10)16(19)20-15(11)18/h2-7H,1H3. The molecular weight excluding hydrogens is 270 g/mol. The van der Waals surface area contributed by atoms with Crippen LogP contribution in [0.5, 0.6) is 0 Å². The Morgan fingerprint density at radius 1 is 1.00 bits per heavy atom. The molecule has 0 spiro atoms. The van der Waals surface area contributed by atoms with Crippen molar-refractivity contribution in [1.29, 1.82) is 0 Å². The summed E-state index contributed by atoms with van der Waals surface area (Å²) >= 11 is 0. The van der Waals surface area contributed by atoms with Gasteiger partial charge in [-0.2, -0.15) is 0 Å². The fourth-order valence-electron chi connectivity index (χ4n) is 2.60. The van der Waals surface area contributed by atoms with Gasteiger partial charge in [0.1, 0.15) is 11.5 Å². The highest BCUT2D eigenvalue weighted by molar-refractivity contribution is 6.21. The second-order valence-corrected chi connectivity index (χ2v) is 4.93. The van der Waals surface area contributed by atoms with Gasteiger partial charge in [-0.25, -0.2) is 9.59 Å². The summed E-state index contributed by atoms with van der Waals surface area (Å²) in [6.07, 6.45) is 0. The summed E-state index contributed by atoms with van der Waals surface area (Å²) in [4.78, 5) is 23.8. The van der Waals surface area contributed by atoms with E-state index in [4.69, 9.17) is 9.26 Å². The minimum atomic E-state index is -0.634. The maximum atomic E-state index is 12.0. The van der Waals surface area contributed by atoms with Crippen molar-refractivity contribution in [2.45, 2.75) is 6.92 Å². The van der Waals surface area contributed by atoms with E-state index in [-0.39, 0.29) is 0 Å². The smallest absolute Gasteiger partial charge is 0.346 e. The number of carbonyl (C=O) groups is 2. The monoisotopic (exact) mass is 279 g/mol. The predicted molar refractivity (Wildman–Crippen MR) is 73.9 cm³/mol. The Bertz CT molecular complexity index is 923. The van der Waals surface area contributed by atoms with E-state index in [0.29, 0.717) is 28.0 Å². The van der Waals surface area contributed by atoms with Gasteiger partial charge in [-0.3, -0.25) is 0 Å². The lowest BCUT2D eigenvalue weighted by Crippen LogP contribution is -2.19. The lowest BCUT2D eigenvalue weighted by Gasteiger charge is -2.16. The average molecular weight is 279 g/mol. The van der Waals surface area contributed by atoms with Gasteiger partial charge in [0.25, 0.3) is 0 Å². The molecule has 0 bridgehead atoms. The van der Waals surface area contributed by atoms with E-state index >= 15 is 0 Å². The van der Waals surface area contributed by atoms with Crippen molar-refractivity contribution in [2.75, 3.05) is 0 Å². The molecule has 1 aromatic heterocycles. The number of hydrogen-bond donors (Lipinski definition) is 0. The van der Waals surface area contributed by atoms with Crippen molar-refractivity contribution in [1.82, 2.24) is 5.16 Å². The van der Waals surface area contributed by atoms with Crippen LogP contribution in [0.15, 0.2) is 40.9 Å². The number of nitrogens with zero attached hydrogens (tertiary/aromatic N) is 1. The van der Waals surface area contributed by atoms with E-state index in [1.165, 1.54) is 0 Å². The minimum absolute atomic E-state index is 0.373. The van der Waals surface area contributed by atoms with Crippen molar-refractivity contribution in [3.05, 3.63) is 53.3 Å². The van der Waals surface area contributed by atoms with Crippen LogP contribution >= 0.6 is 0 Å². The Morgan fingerprint density at radius 2 is 1.81 bits per heavy atom. The molecule has 21 heavy (non-hydrogen) atoms. The van der Waals surface area contributed by atoms with Crippen molar-refractivity contribution in [3.8, 4) is 11.3 Å². The van der Waals surface area contributed by atoms with Gasteiger partial charge in [-0.1, -0.05) is 17.3 Å². The molecule has 5 heteroatoms. The van der Waals surface area contributed by atoms with Gasteiger partial charge in [0, 0.05) is 17.0 Å². The third kappa shape index (κ3) is 1.67. The van der Waals surface area contributed by atoms with Crippen molar-refractivity contribution < 1.29 is 18.8 Å². The Kier molecular flexibility index (Phi) is 2.27. The van der Waals surface area contributed by atoms with Crippen LogP contribution in [0.2, 0.25) is 0 Å². The van der Waals surface area contributed by atoms with E-state index in [1.807, 2.05) is 12.1 Å². The zero-order valence-electron chi connectivity index (χ0n) is 11.0. The van der Waals surface area contributed by atoms with Crippen LogP contribution in [0.3, 0.4) is 0 Å². The summed E-state index contributed by atoms with van der Waals surface area (Å²) < 4.78 is 9.84. The lowest BCUT2D eigenvalue weighted by molar-refractivity contribution is 0.0391. The highest BCUT2D eigenvalue weighted by atomic mass is 16.6. The van der Waals surface area contributed by atoms with E-state index in [2.05, 4.69) is 5.16 Å². The number of ether oxygens (including phenoxy) is 1. The Labute approximate surface area is 119 Å². The van der Waals surface area contributed by atoms with E-state index in [0.717, 1.165) is 10.9 Å². The maximum absolute atomic E-state index is 12.0. The molecule has 2 aromatic carbocycles. The Hall–Kier alpha value is -2.95. The minimum Gasteiger partial charge on any atom is -0.386 e. The first kappa shape index (κ1) is 11.8. The summed E-state index contributed by atoms with van der Waals surface area (Å²) in [5, 5.41) is 5.38. The van der Waals surface area contributed by atoms with Gasteiger partial charge < -0.3 is 9.26 Å². The number of hydrogen-bond acceptors (Lipinski definition) is 5. The highest BCUT2D eigenvalue weighted by Gasteiger charge is 2.27. The van der Waals surface area contributed by atoms with E-state index < -0.39 is 11.9 Å². The molecule has 0 radical (unpaired) electrons. The predicted octanol–water partition coefficient (Wildman–Crippen LogP) is 3.11. The Morgan fingerprint density at radius 3 is 2.57 bits per heavy atom. The molecule has 3 aromatic rings. The molecule has 1 aliphatic heterocycles. The number of aromatic nitrogens is 1. The second kappa shape index (κ2) is 4.02. The van der Waals surface area contributed by atoms with Crippen LogP contribution in [0, 0.1) is 6.92 Å². The number of aryl methyl sites for hydroxylation is 1. The van der Waals surface area contributed by atoms with Crippen LogP contribution in [0.4, 0.5) is 0 Å². The molecule has 0 atom stereocenters. The first-order valence-corrected chi connectivity index (χ1v) is 6.40. The van der Waals surface area contributed by atoms with Crippen LogP contribution in [0.1, 0.15) is 26.5 Å². The van der Waals surface area contributed by atoms with Crippen molar-refractivity contribution in [3.63, 3.8) is 0 Å². The SMILES string of the molecule is Cc1cc(-c2cc3c4c(cccc4c2)C(=O)OC3=O)no1. The lowest BCUT2D eigenvalue weighted by atomic mass is 9.94. The maximum Gasteiger partial charge on any atom is 0.346 e. The third-order valence-electron chi connectivity index (χ3n) is 3.53. The summed E-state index contributed by atoms with van der Waals surface area (Å²) in [5.74, 6) is -0.556. The van der Waals surface area contributed by atoms with Gasteiger partial charge in [0.2, 0.25) is 0 Å². The largest absolute Gasteiger partial charge is 0.386 e. The summed E-state index contributed by atoms with van der Waals surface area (Å²) in [6.45, 7) is 1.80. The normalized spacial score (nSPS) is 13.6. The molecular formula is C16H9NO4. The number of esters is 2. The molecule has 0 amide bonds. The molecule has 0 saturated heterocycles. The zero-order valence-corrected chi connectivity index (χ0v) is 11.0. The molecule has 0 aliphatic carbocycles. The second-order valence-electron chi connectivity index (χ2n) is 4.93. The van der Waals surface area contributed by atoms with Gasteiger partial charge in [-0.15, -0.1) is 0 Å². The molecule has 2 heterocycles. The summed E-state index contributed by atoms with van der Waals surface area (Å²) in [7, 11) is 0. The topological polar surface area (TPSA) is 69.4 Å². The van der Waals surface area contributed by atoms with Crippen LogP contribution in [-0.2, 0) is 4.74 Å². The molecule has 0 saturated carbocycles. The Balaban J connectivity index is 2.07. The van der Waals surface area contributed by atoms with Crippen LogP contribution < -0.4 is 0 Å². The van der Waals surface area contributed by atoms with Gasteiger partial charge in [-0.05, 0) is 30.5 Å². The first-order chi connectivity index (χ1) is 10.1. The van der Waals surface area contributed by atoms with Gasteiger partial charge in [0.15, 0.2) is 0 Å². The van der Waals surface area contributed by atoms with E-state index in [9.17, 15) is 9.59 Å². The highest BCUT2D eigenvalue weighted by Crippen LogP contribution is 2.33. The number of cyclic esters (lactones) is 2. The number of benzene rings is 2. The summed E-state index contributed by atoms with van der Waals surface area (Å²) in [5.41, 5.74) is 2.17. The van der Waals surface area contributed by atoms with Crippen molar-refractivity contribution in [2.24, 2.45) is 0 Å². The fourth-order valence-corrected chi connectivity index (χ4v) is 2.60. The molecule has 102 valence electrons. The van der Waals surface area contributed by atoms with Gasteiger partial charge >= 0.3 is 11.9 Å². The van der Waals surface area contributed by atoms with Crippen LogP contribution in [0.25, 0.3) is 22.0 Å². The summed E-state index contributed by atoms with van der Waals surface area (Å²) in [6, 6.07) is 10.6. The van der Waals surface area contributed by atoms with Crippen LogP contribution in [-0.4, -0.2) is 17.1 Å². The van der Waals surface area contributed by atoms with E-state index in [1.54, 1.807) is 31.2 Å². The molecule has 5 nitrogen and oxygen atoms in total. The third-order valence-corrected chi connectivity index (χ3v) is 3.53. The first-order valence-electron chi connectivity index (χ1n) is 6.40.